The van der Waals surface area contributed by atoms with Crippen LogP contribution in [-0.2, 0) is 6.61 Å². The van der Waals surface area contributed by atoms with E-state index in [-0.39, 0.29) is 47.6 Å². The standard InChI is InChI=1S/C36H34ClN3O4.Na/c1-39(2)35(41)25-12-18-31(23-8-14-28(37)15-9-23)27(20-25)22-44-30-16-10-24(11-17-30)34-38-32-21-26(36(42)43)13-19-33(32)40(34)29-6-4-3-5-7-29;/h8-21,29H,3-7,22H2,1-2H3,(H,42,43);/q;+1/p-1. The average molecular weight is 630 g/mol. The van der Waals surface area contributed by atoms with Crippen LogP contribution in [0.4, 0.5) is 0 Å². The Balaban J connectivity index is 0.00000400. The maximum Gasteiger partial charge on any atom is 1.00 e. The molecule has 1 amide bonds. The normalized spacial score (nSPS) is 13.3. The van der Waals surface area contributed by atoms with E-state index in [1.54, 1.807) is 31.1 Å². The van der Waals surface area contributed by atoms with Gasteiger partial charge in [0.25, 0.3) is 5.91 Å². The molecule has 0 bridgehead atoms. The summed E-state index contributed by atoms with van der Waals surface area (Å²) in [6, 6.07) is 26.4. The third kappa shape index (κ3) is 7.12. The second-order valence-electron chi connectivity index (χ2n) is 11.5. The molecular formula is C36H33ClN3NaO4. The first-order valence-corrected chi connectivity index (χ1v) is 15.2. The molecule has 1 fully saturated rings. The number of fused-ring (bicyclic) bond motifs is 1. The molecule has 1 heterocycles. The summed E-state index contributed by atoms with van der Waals surface area (Å²) in [5.41, 5.74) is 6.04. The van der Waals surface area contributed by atoms with Crippen LogP contribution >= 0.6 is 11.6 Å². The number of rotatable bonds is 8. The van der Waals surface area contributed by atoms with Crippen molar-refractivity contribution in [1.82, 2.24) is 14.5 Å². The number of benzene rings is 4. The van der Waals surface area contributed by atoms with Crippen molar-refractivity contribution < 1.29 is 49.0 Å². The molecule has 1 aliphatic carbocycles. The molecule has 0 N–H and O–H groups in total. The molecule has 45 heavy (non-hydrogen) atoms. The van der Waals surface area contributed by atoms with Gasteiger partial charge in [0.1, 0.15) is 18.2 Å². The third-order valence-electron chi connectivity index (χ3n) is 8.29. The summed E-state index contributed by atoms with van der Waals surface area (Å²) in [7, 11) is 3.47. The van der Waals surface area contributed by atoms with Crippen LogP contribution in [0.2, 0.25) is 5.02 Å². The predicted molar refractivity (Wildman–Crippen MR) is 171 cm³/mol. The minimum Gasteiger partial charge on any atom is -0.545 e. The molecule has 9 heteroatoms. The summed E-state index contributed by atoms with van der Waals surface area (Å²) < 4.78 is 8.53. The molecule has 1 saturated carbocycles. The van der Waals surface area contributed by atoms with Gasteiger partial charge in [0.15, 0.2) is 0 Å². The Hall–Kier alpha value is -3.62. The molecule has 7 nitrogen and oxygen atoms in total. The predicted octanol–water partition coefficient (Wildman–Crippen LogP) is 4.18. The fourth-order valence-corrected chi connectivity index (χ4v) is 6.14. The molecule has 1 aliphatic rings. The SMILES string of the molecule is CN(C)C(=O)c1ccc(-c2ccc(Cl)cc2)c(COc2ccc(-c3nc4cc(C(=O)[O-])ccc4n3C3CCCCC3)cc2)c1.[Na+]. The minimum atomic E-state index is -1.21. The number of hydrogen-bond acceptors (Lipinski definition) is 5. The Morgan fingerprint density at radius 2 is 1.56 bits per heavy atom. The van der Waals surface area contributed by atoms with Crippen LogP contribution in [0.1, 0.15) is 64.4 Å². The van der Waals surface area contributed by atoms with Gasteiger partial charge in [-0.2, -0.15) is 0 Å². The van der Waals surface area contributed by atoms with E-state index in [1.807, 2.05) is 72.8 Å². The van der Waals surface area contributed by atoms with Crippen LogP contribution in [0.15, 0.2) is 84.9 Å². The van der Waals surface area contributed by atoms with Gasteiger partial charge in [-0.05, 0) is 95.8 Å². The molecule has 4 aromatic carbocycles. The van der Waals surface area contributed by atoms with Crippen LogP contribution in [0.25, 0.3) is 33.5 Å². The molecule has 0 aliphatic heterocycles. The number of imidazole rings is 1. The van der Waals surface area contributed by atoms with Crippen molar-refractivity contribution in [2.45, 2.75) is 44.8 Å². The molecule has 0 unspecified atom stereocenters. The number of carboxylic acid groups (broad SMARTS) is 1. The summed E-state index contributed by atoms with van der Waals surface area (Å²) in [6.07, 6.45) is 5.67. The number of amides is 1. The average Bonchev–Trinajstić information content (AvgIpc) is 3.43. The number of halogens is 1. The molecule has 224 valence electrons. The Labute approximate surface area is 290 Å². The molecule has 5 aromatic rings. The molecule has 0 atom stereocenters. The van der Waals surface area contributed by atoms with Crippen LogP contribution in [0.3, 0.4) is 0 Å². The van der Waals surface area contributed by atoms with E-state index in [4.69, 9.17) is 21.3 Å². The quantitative estimate of drug-likeness (QED) is 0.241. The first-order chi connectivity index (χ1) is 21.3. The number of carbonyl (C=O) groups is 2. The zero-order chi connectivity index (χ0) is 30.8. The van der Waals surface area contributed by atoms with Crippen molar-refractivity contribution >= 4 is 34.5 Å². The van der Waals surface area contributed by atoms with E-state index >= 15 is 0 Å². The maximum atomic E-state index is 12.7. The zero-order valence-electron chi connectivity index (χ0n) is 25.8. The van der Waals surface area contributed by atoms with E-state index in [1.165, 1.54) is 6.42 Å². The zero-order valence-corrected chi connectivity index (χ0v) is 28.5. The number of aromatic carboxylic acids is 1. The number of carbonyl (C=O) groups excluding carboxylic acids is 2. The van der Waals surface area contributed by atoms with Gasteiger partial charge in [0.2, 0.25) is 0 Å². The first kappa shape index (κ1) is 32.8. The summed E-state index contributed by atoms with van der Waals surface area (Å²) >= 11 is 6.13. The topological polar surface area (TPSA) is 87.5 Å². The number of nitrogens with zero attached hydrogens (tertiary/aromatic N) is 3. The first-order valence-electron chi connectivity index (χ1n) is 14.9. The summed E-state index contributed by atoms with van der Waals surface area (Å²) in [5.74, 6) is 0.206. The monoisotopic (exact) mass is 629 g/mol. The van der Waals surface area contributed by atoms with Crippen LogP contribution in [0, 0.1) is 0 Å². The number of aromatic nitrogens is 2. The van der Waals surface area contributed by atoms with E-state index in [9.17, 15) is 14.7 Å². The molecular weight excluding hydrogens is 597 g/mol. The maximum absolute atomic E-state index is 12.7. The smallest absolute Gasteiger partial charge is 0.545 e. The van der Waals surface area contributed by atoms with Gasteiger partial charge in [-0.3, -0.25) is 4.79 Å². The van der Waals surface area contributed by atoms with Crippen LogP contribution in [0.5, 0.6) is 5.75 Å². The van der Waals surface area contributed by atoms with Crippen molar-refractivity contribution in [3.05, 3.63) is 107 Å². The third-order valence-corrected chi connectivity index (χ3v) is 8.54. The van der Waals surface area contributed by atoms with E-state index in [0.717, 1.165) is 59.3 Å². The van der Waals surface area contributed by atoms with Gasteiger partial charge in [-0.25, -0.2) is 4.98 Å². The van der Waals surface area contributed by atoms with Crippen LogP contribution < -0.4 is 39.4 Å². The minimum absolute atomic E-state index is 0. The Bertz CT molecular complexity index is 1830. The largest absolute Gasteiger partial charge is 1.00 e. The Morgan fingerprint density at radius 3 is 2.22 bits per heavy atom. The van der Waals surface area contributed by atoms with Gasteiger partial charge in [0, 0.05) is 36.3 Å². The van der Waals surface area contributed by atoms with E-state index < -0.39 is 5.97 Å². The number of ether oxygens (including phenoxy) is 1. The second kappa shape index (κ2) is 14.2. The number of hydrogen-bond donors (Lipinski definition) is 0. The van der Waals surface area contributed by atoms with Crippen molar-refractivity contribution in [2.75, 3.05) is 14.1 Å². The molecule has 6 rings (SSSR count). The van der Waals surface area contributed by atoms with Gasteiger partial charge in [0.05, 0.1) is 17.0 Å². The summed E-state index contributed by atoms with van der Waals surface area (Å²) in [6.45, 7) is 0.262. The van der Waals surface area contributed by atoms with Crippen LogP contribution in [-0.4, -0.2) is 40.4 Å². The molecule has 0 spiro atoms. The number of carboxylic acids is 1. The summed E-state index contributed by atoms with van der Waals surface area (Å²) in [5, 5.41) is 12.2. The summed E-state index contributed by atoms with van der Waals surface area (Å²) in [4.78, 5) is 30.7. The second-order valence-corrected chi connectivity index (χ2v) is 11.9. The molecule has 1 aromatic heterocycles. The fourth-order valence-electron chi connectivity index (χ4n) is 6.01. The van der Waals surface area contributed by atoms with E-state index in [0.29, 0.717) is 27.9 Å². The Morgan fingerprint density at radius 1 is 0.889 bits per heavy atom. The molecule has 0 radical (unpaired) electrons. The van der Waals surface area contributed by atoms with Gasteiger partial charge >= 0.3 is 29.6 Å². The van der Waals surface area contributed by atoms with Gasteiger partial charge in [-0.15, -0.1) is 0 Å². The van der Waals surface area contributed by atoms with E-state index in [2.05, 4.69) is 4.57 Å². The Kier molecular flexibility index (Phi) is 10.3. The van der Waals surface area contributed by atoms with Gasteiger partial charge in [-0.1, -0.05) is 55.1 Å². The van der Waals surface area contributed by atoms with Crippen molar-refractivity contribution in [3.63, 3.8) is 0 Å². The van der Waals surface area contributed by atoms with Crippen molar-refractivity contribution in [2.24, 2.45) is 0 Å². The fraction of sp³-hybridized carbons (Fsp3) is 0.250. The van der Waals surface area contributed by atoms with Crippen molar-refractivity contribution in [3.8, 4) is 28.3 Å². The van der Waals surface area contributed by atoms with Crippen molar-refractivity contribution in [1.29, 1.82) is 0 Å². The van der Waals surface area contributed by atoms with Gasteiger partial charge < -0.3 is 24.1 Å². The molecule has 0 saturated heterocycles.